The first kappa shape index (κ1) is 17.4. The summed E-state index contributed by atoms with van der Waals surface area (Å²) in [7, 11) is 0. The second-order valence-electron chi connectivity index (χ2n) is 6.26. The van der Waals surface area contributed by atoms with Crippen molar-refractivity contribution in [2.75, 3.05) is 6.61 Å². The van der Waals surface area contributed by atoms with Crippen molar-refractivity contribution in [3.63, 3.8) is 0 Å². The smallest absolute Gasteiger partial charge is 0.252 e. The molecule has 0 saturated carbocycles. The van der Waals surface area contributed by atoms with Gasteiger partial charge in [-0.3, -0.25) is 4.79 Å². The number of carbonyl (C=O) groups is 1. The number of para-hydroxylation sites is 1. The SMILES string of the molecule is CCOCc1nc(C[C@H]2NC(=O)c3ccccc32)n(-c2ccccc2F)n1. The molecule has 1 aromatic heterocycles. The molecule has 0 saturated heterocycles. The van der Waals surface area contributed by atoms with Gasteiger partial charge in [-0.25, -0.2) is 14.1 Å². The van der Waals surface area contributed by atoms with Crippen LogP contribution in [0, 0.1) is 5.82 Å². The van der Waals surface area contributed by atoms with E-state index < -0.39 is 0 Å². The third-order valence-corrected chi connectivity index (χ3v) is 4.51. The first-order valence-corrected chi connectivity index (χ1v) is 8.84. The van der Waals surface area contributed by atoms with Gasteiger partial charge in [-0.1, -0.05) is 30.3 Å². The van der Waals surface area contributed by atoms with Crippen molar-refractivity contribution in [1.29, 1.82) is 0 Å². The van der Waals surface area contributed by atoms with Crippen molar-refractivity contribution < 1.29 is 13.9 Å². The fraction of sp³-hybridized carbons (Fsp3) is 0.250. The first-order chi connectivity index (χ1) is 13.2. The van der Waals surface area contributed by atoms with Gasteiger partial charge in [-0.05, 0) is 30.7 Å². The highest BCUT2D eigenvalue weighted by atomic mass is 19.1. The van der Waals surface area contributed by atoms with Gasteiger partial charge >= 0.3 is 0 Å². The normalized spacial score (nSPS) is 15.6. The number of nitrogens with one attached hydrogen (secondary N) is 1. The molecule has 0 bridgehead atoms. The highest BCUT2D eigenvalue weighted by Gasteiger charge is 2.30. The maximum atomic E-state index is 14.3. The van der Waals surface area contributed by atoms with Crippen LogP contribution in [0.1, 0.15) is 40.5 Å². The van der Waals surface area contributed by atoms with Crippen molar-refractivity contribution in [3.8, 4) is 5.69 Å². The lowest BCUT2D eigenvalue weighted by atomic mass is 10.0. The van der Waals surface area contributed by atoms with Gasteiger partial charge in [0.2, 0.25) is 0 Å². The zero-order valence-corrected chi connectivity index (χ0v) is 14.9. The highest BCUT2D eigenvalue weighted by Crippen LogP contribution is 2.28. The predicted molar refractivity (Wildman–Crippen MR) is 97.0 cm³/mol. The van der Waals surface area contributed by atoms with Crippen LogP contribution in [-0.4, -0.2) is 27.3 Å². The molecule has 138 valence electrons. The molecule has 4 rings (SSSR count). The third-order valence-electron chi connectivity index (χ3n) is 4.51. The lowest BCUT2D eigenvalue weighted by Gasteiger charge is -2.12. The Balaban J connectivity index is 1.71. The van der Waals surface area contributed by atoms with Gasteiger partial charge in [-0.2, -0.15) is 0 Å². The topological polar surface area (TPSA) is 69.0 Å². The molecule has 0 unspecified atom stereocenters. The number of rotatable bonds is 6. The molecule has 3 aromatic rings. The molecule has 1 N–H and O–H groups in total. The number of fused-ring (bicyclic) bond motifs is 1. The summed E-state index contributed by atoms with van der Waals surface area (Å²) in [5.74, 6) is 0.550. The largest absolute Gasteiger partial charge is 0.374 e. The third kappa shape index (κ3) is 3.33. The van der Waals surface area contributed by atoms with E-state index in [1.54, 1.807) is 24.3 Å². The molecule has 2 heterocycles. The fourth-order valence-electron chi connectivity index (χ4n) is 3.26. The molecule has 7 heteroatoms. The second kappa shape index (κ2) is 7.28. The lowest BCUT2D eigenvalue weighted by Crippen LogP contribution is -2.22. The number of ether oxygens (including phenoxy) is 1. The van der Waals surface area contributed by atoms with E-state index in [0.29, 0.717) is 35.9 Å². The number of nitrogens with zero attached hydrogens (tertiary/aromatic N) is 3. The van der Waals surface area contributed by atoms with Crippen molar-refractivity contribution in [3.05, 3.63) is 77.1 Å². The molecule has 1 aliphatic heterocycles. The number of hydrogen-bond donors (Lipinski definition) is 1. The summed E-state index contributed by atoms with van der Waals surface area (Å²) < 4.78 is 21.2. The van der Waals surface area contributed by atoms with E-state index in [9.17, 15) is 9.18 Å². The van der Waals surface area contributed by atoms with Crippen LogP contribution in [0.15, 0.2) is 48.5 Å². The maximum absolute atomic E-state index is 14.3. The molecule has 0 spiro atoms. The molecule has 27 heavy (non-hydrogen) atoms. The van der Waals surface area contributed by atoms with E-state index in [1.165, 1.54) is 10.7 Å². The Morgan fingerprint density at radius 3 is 2.78 bits per heavy atom. The summed E-state index contributed by atoms with van der Waals surface area (Å²) in [6, 6.07) is 13.6. The van der Waals surface area contributed by atoms with Crippen LogP contribution < -0.4 is 5.32 Å². The summed E-state index contributed by atoms with van der Waals surface area (Å²) >= 11 is 0. The number of amides is 1. The van der Waals surface area contributed by atoms with Gasteiger partial charge in [0.15, 0.2) is 5.82 Å². The molecule has 0 aliphatic carbocycles. The van der Waals surface area contributed by atoms with E-state index >= 15 is 0 Å². The number of benzene rings is 2. The molecular weight excluding hydrogens is 347 g/mol. The lowest BCUT2D eigenvalue weighted by molar-refractivity contribution is 0.0956. The van der Waals surface area contributed by atoms with Gasteiger partial charge < -0.3 is 10.1 Å². The standard InChI is InChI=1S/C20H19FN4O2/c1-2-27-12-18-23-19(25(24-18)17-10-6-5-9-15(17)21)11-16-13-7-3-4-8-14(13)20(26)22-16/h3-10,16H,2,11-12H2,1H3,(H,22,26)/t16-/m1/s1. The summed E-state index contributed by atoms with van der Waals surface area (Å²) in [6.45, 7) is 2.67. The average Bonchev–Trinajstić information content (AvgIpc) is 3.22. The highest BCUT2D eigenvalue weighted by molar-refractivity contribution is 5.99. The van der Waals surface area contributed by atoms with Gasteiger partial charge in [0.25, 0.3) is 5.91 Å². The molecule has 0 radical (unpaired) electrons. The van der Waals surface area contributed by atoms with Gasteiger partial charge in [0.05, 0.1) is 6.04 Å². The Bertz CT molecular complexity index is 986. The minimum absolute atomic E-state index is 0.109. The van der Waals surface area contributed by atoms with Crippen LogP contribution in [0.4, 0.5) is 4.39 Å². The predicted octanol–water partition coefficient (Wildman–Crippen LogP) is 2.97. The number of aromatic nitrogens is 3. The van der Waals surface area contributed by atoms with Crippen LogP contribution in [0.2, 0.25) is 0 Å². The quantitative estimate of drug-likeness (QED) is 0.728. The second-order valence-corrected chi connectivity index (χ2v) is 6.26. The van der Waals surface area contributed by atoms with Crippen molar-refractivity contribution in [2.45, 2.75) is 26.0 Å². The minimum atomic E-state index is -0.387. The summed E-state index contributed by atoms with van der Waals surface area (Å²) in [4.78, 5) is 16.7. The van der Waals surface area contributed by atoms with Gasteiger partial charge in [0.1, 0.15) is 23.9 Å². The van der Waals surface area contributed by atoms with Gasteiger partial charge in [-0.15, -0.1) is 5.10 Å². The Kier molecular flexibility index (Phi) is 4.68. The molecule has 2 aromatic carbocycles. The Morgan fingerprint density at radius 1 is 1.19 bits per heavy atom. The van der Waals surface area contributed by atoms with Crippen LogP contribution >= 0.6 is 0 Å². The van der Waals surface area contributed by atoms with Crippen LogP contribution in [0.3, 0.4) is 0 Å². The average molecular weight is 366 g/mol. The molecular formula is C20H19FN4O2. The summed E-state index contributed by atoms with van der Waals surface area (Å²) in [6.07, 6.45) is 0.399. The molecule has 0 fully saturated rings. The van der Waals surface area contributed by atoms with E-state index in [-0.39, 0.29) is 24.4 Å². The molecule has 1 aliphatic rings. The fourth-order valence-corrected chi connectivity index (χ4v) is 3.26. The summed E-state index contributed by atoms with van der Waals surface area (Å²) in [5, 5.41) is 7.39. The van der Waals surface area contributed by atoms with E-state index in [1.807, 2.05) is 25.1 Å². The monoisotopic (exact) mass is 366 g/mol. The van der Waals surface area contributed by atoms with Crippen LogP contribution in [0.25, 0.3) is 5.69 Å². The van der Waals surface area contributed by atoms with Crippen LogP contribution in [0.5, 0.6) is 0 Å². The summed E-state index contributed by atoms with van der Waals surface area (Å²) in [5.41, 5.74) is 1.89. The maximum Gasteiger partial charge on any atom is 0.252 e. The minimum Gasteiger partial charge on any atom is -0.374 e. The molecule has 1 amide bonds. The number of carbonyl (C=O) groups excluding carboxylic acids is 1. The van der Waals surface area contributed by atoms with E-state index in [4.69, 9.17) is 4.74 Å². The number of hydrogen-bond acceptors (Lipinski definition) is 4. The Labute approximate surface area is 156 Å². The van der Waals surface area contributed by atoms with Crippen molar-refractivity contribution >= 4 is 5.91 Å². The Morgan fingerprint density at radius 2 is 1.96 bits per heavy atom. The zero-order chi connectivity index (χ0) is 18.8. The zero-order valence-electron chi connectivity index (χ0n) is 14.9. The molecule has 1 atom stereocenters. The van der Waals surface area contributed by atoms with E-state index in [0.717, 1.165) is 5.56 Å². The van der Waals surface area contributed by atoms with Crippen molar-refractivity contribution in [1.82, 2.24) is 20.1 Å². The Hall–Kier alpha value is -3.06. The van der Waals surface area contributed by atoms with Crippen molar-refractivity contribution in [2.24, 2.45) is 0 Å². The van der Waals surface area contributed by atoms with Gasteiger partial charge in [0, 0.05) is 18.6 Å². The molecule has 6 nitrogen and oxygen atoms in total. The first-order valence-electron chi connectivity index (χ1n) is 8.84. The van der Waals surface area contributed by atoms with E-state index in [2.05, 4.69) is 15.4 Å². The van der Waals surface area contributed by atoms with Crippen LogP contribution in [-0.2, 0) is 17.8 Å². The number of halogens is 1.